The zero-order valence-corrected chi connectivity index (χ0v) is 15.8. The summed E-state index contributed by atoms with van der Waals surface area (Å²) in [5.41, 5.74) is 4.30. The van der Waals surface area contributed by atoms with Crippen molar-refractivity contribution in [2.75, 3.05) is 25.1 Å². The first-order chi connectivity index (χ1) is 13.2. The highest BCUT2D eigenvalue weighted by molar-refractivity contribution is 6.06. The highest BCUT2D eigenvalue weighted by Crippen LogP contribution is 2.29. The second kappa shape index (κ2) is 9.53. The lowest BCUT2D eigenvalue weighted by atomic mass is 9.90. The van der Waals surface area contributed by atoms with E-state index in [1.165, 1.54) is 5.56 Å². The van der Waals surface area contributed by atoms with Gasteiger partial charge in [0.25, 0.3) is 5.91 Å². The van der Waals surface area contributed by atoms with Crippen LogP contribution in [0, 0.1) is 0 Å². The van der Waals surface area contributed by atoms with Gasteiger partial charge in [0, 0.05) is 12.3 Å². The molecule has 0 aromatic heterocycles. The van der Waals surface area contributed by atoms with Gasteiger partial charge >= 0.3 is 0 Å². The van der Waals surface area contributed by atoms with Gasteiger partial charge in [0.2, 0.25) is 0 Å². The van der Waals surface area contributed by atoms with Gasteiger partial charge in [-0.25, -0.2) is 0 Å². The number of carbonyl (C=O) groups is 1. The number of fused-ring (bicyclic) bond motifs is 1. The van der Waals surface area contributed by atoms with Crippen LogP contribution in [0.15, 0.2) is 36.4 Å². The largest absolute Gasteiger partial charge is 0.507 e. The molecule has 5 heteroatoms. The average molecular weight is 369 g/mol. The molecular weight excluding hydrogens is 342 g/mol. The summed E-state index contributed by atoms with van der Waals surface area (Å²) in [5, 5.41) is 13.1. The standard InChI is InChI=1S/C22H27NO4/c1-2-26-10-11-27-15-16-6-5-9-19(12-16)23-22(25)20-13-17-7-3-4-8-18(17)14-21(20)24/h5-6,9,12-14,24H,2-4,7-8,10-11,15H2,1H3,(H,23,25). The molecule has 27 heavy (non-hydrogen) atoms. The van der Waals surface area contributed by atoms with E-state index in [-0.39, 0.29) is 11.7 Å². The minimum atomic E-state index is -0.296. The van der Waals surface area contributed by atoms with E-state index in [0.717, 1.165) is 36.8 Å². The lowest BCUT2D eigenvalue weighted by Crippen LogP contribution is -2.14. The smallest absolute Gasteiger partial charge is 0.259 e. The van der Waals surface area contributed by atoms with E-state index in [4.69, 9.17) is 9.47 Å². The molecule has 0 unspecified atom stereocenters. The molecule has 0 spiro atoms. The minimum Gasteiger partial charge on any atom is -0.507 e. The average Bonchev–Trinajstić information content (AvgIpc) is 2.67. The SMILES string of the molecule is CCOCCOCc1cccc(NC(=O)c2cc3c(cc2O)CCCC3)c1. The van der Waals surface area contributed by atoms with Crippen LogP contribution >= 0.6 is 0 Å². The molecule has 0 heterocycles. The van der Waals surface area contributed by atoms with Crippen molar-refractivity contribution >= 4 is 11.6 Å². The molecule has 0 saturated carbocycles. The Morgan fingerprint density at radius 3 is 2.59 bits per heavy atom. The normalized spacial score (nSPS) is 13.2. The first-order valence-corrected chi connectivity index (χ1v) is 9.58. The summed E-state index contributed by atoms with van der Waals surface area (Å²) in [7, 11) is 0. The number of phenols is 1. The molecule has 2 N–H and O–H groups in total. The third-order valence-electron chi connectivity index (χ3n) is 4.73. The Morgan fingerprint density at radius 1 is 1.07 bits per heavy atom. The number of amides is 1. The Hall–Kier alpha value is -2.37. The molecule has 5 nitrogen and oxygen atoms in total. The Bertz CT molecular complexity index is 788. The van der Waals surface area contributed by atoms with Crippen LogP contribution in [0.25, 0.3) is 0 Å². The molecule has 2 aromatic carbocycles. The fraction of sp³-hybridized carbons (Fsp3) is 0.409. The van der Waals surface area contributed by atoms with E-state index in [2.05, 4.69) is 5.32 Å². The molecule has 0 atom stereocenters. The topological polar surface area (TPSA) is 67.8 Å². The summed E-state index contributed by atoms with van der Waals surface area (Å²) in [5.74, 6) is -0.251. The van der Waals surface area contributed by atoms with Crippen LogP contribution < -0.4 is 5.32 Å². The number of ether oxygens (including phenoxy) is 2. The molecule has 1 aliphatic rings. The second-order valence-electron chi connectivity index (χ2n) is 6.75. The van der Waals surface area contributed by atoms with E-state index in [1.54, 1.807) is 6.07 Å². The van der Waals surface area contributed by atoms with Gasteiger partial charge in [0.1, 0.15) is 5.75 Å². The van der Waals surface area contributed by atoms with E-state index in [0.29, 0.717) is 37.7 Å². The first kappa shape index (κ1) is 19.4. The maximum absolute atomic E-state index is 12.6. The maximum Gasteiger partial charge on any atom is 0.259 e. The Labute approximate surface area is 160 Å². The van der Waals surface area contributed by atoms with Gasteiger partial charge in [-0.15, -0.1) is 0 Å². The van der Waals surface area contributed by atoms with E-state index < -0.39 is 0 Å². The van der Waals surface area contributed by atoms with Crippen LogP contribution in [-0.4, -0.2) is 30.8 Å². The molecular formula is C22H27NO4. The third-order valence-corrected chi connectivity index (χ3v) is 4.73. The number of nitrogens with one attached hydrogen (secondary N) is 1. The van der Waals surface area contributed by atoms with Crippen molar-refractivity contribution in [1.82, 2.24) is 0 Å². The number of hydrogen-bond donors (Lipinski definition) is 2. The van der Waals surface area contributed by atoms with Gasteiger partial charge in [-0.1, -0.05) is 12.1 Å². The fourth-order valence-electron chi connectivity index (χ4n) is 3.34. The summed E-state index contributed by atoms with van der Waals surface area (Å²) in [6.45, 7) is 4.20. The quantitative estimate of drug-likeness (QED) is 0.688. The minimum absolute atomic E-state index is 0.0450. The summed E-state index contributed by atoms with van der Waals surface area (Å²) < 4.78 is 10.8. The van der Waals surface area contributed by atoms with Crippen molar-refractivity contribution in [2.24, 2.45) is 0 Å². The molecule has 0 bridgehead atoms. The Morgan fingerprint density at radius 2 is 1.81 bits per heavy atom. The Kier molecular flexibility index (Phi) is 6.85. The molecule has 0 fully saturated rings. The van der Waals surface area contributed by atoms with Gasteiger partial charge in [0.05, 0.1) is 25.4 Å². The predicted molar refractivity (Wildman–Crippen MR) is 105 cm³/mol. The van der Waals surface area contributed by atoms with Crippen molar-refractivity contribution in [3.8, 4) is 5.75 Å². The van der Waals surface area contributed by atoms with Crippen molar-refractivity contribution in [3.05, 3.63) is 58.7 Å². The molecule has 0 radical (unpaired) electrons. The summed E-state index contributed by atoms with van der Waals surface area (Å²) >= 11 is 0. The number of rotatable bonds is 8. The van der Waals surface area contributed by atoms with E-state index in [9.17, 15) is 9.90 Å². The zero-order valence-electron chi connectivity index (χ0n) is 15.8. The van der Waals surface area contributed by atoms with Gasteiger partial charge < -0.3 is 19.9 Å². The van der Waals surface area contributed by atoms with Gasteiger partial charge in [-0.2, -0.15) is 0 Å². The molecule has 1 amide bonds. The number of aryl methyl sites for hydroxylation is 2. The van der Waals surface area contributed by atoms with Crippen molar-refractivity contribution < 1.29 is 19.4 Å². The molecule has 0 aliphatic heterocycles. The van der Waals surface area contributed by atoms with Crippen molar-refractivity contribution in [1.29, 1.82) is 0 Å². The maximum atomic E-state index is 12.6. The third kappa shape index (κ3) is 5.31. The lowest BCUT2D eigenvalue weighted by Gasteiger charge is -2.17. The van der Waals surface area contributed by atoms with E-state index in [1.807, 2.05) is 37.3 Å². The summed E-state index contributed by atoms with van der Waals surface area (Å²) in [6, 6.07) is 11.1. The van der Waals surface area contributed by atoms with E-state index >= 15 is 0 Å². The van der Waals surface area contributed by atoms with Crippen LogP contribution in [0.2, 0.25) is 0 Å². The number of benzene rings is 2. The van der Waals surface area contributed by atoms with Crippen LogP contribution in [0.1, 0.15) is 46.8 Å². The van der Waals surface area contributed by atoms with Crippen LogP contribution in [0.3, 0.4) is 0 Å². The first-order valence-electron chi connectivity index (χ1n) is 9.58. The van der Waals surface area contributed by atoms with Gasteiger partial charge in [0.15, 0.2) is 0 Å². The molecule has 3 rings (SSSR count). The monoisotopic (exact) mass is 369 g/mol. The van der Waals surface area contributed by atoms with Crippen molar-refractivity contribution in [2.45, 2.75) is 39.2 Å². The number of anilines is 1. The number of hydrogen-bond acceptors (Lipinski definition) is 4. The summed E-state index contributed by atoms with van der Waals surface area (Å²) in [6.07, 6.45) is 4.20. The molecule has 1 aliphatic carbocycles. The Balaban J connectivity index is 1.63. The molecule has 144 valence electrons. The summed E-state index contributed by atoms with van der Waals surface area (Å²) in [4.78, 5) is 12.6. The molecule has 0 saturated heterocycles. The van der Waals surface area contributed by atoms with Gasteiger partial charge in [-0.05, 0) is 73.6 Å². The zero-order chi connectivity index (χ0) is 19.1. The number of phenolic OH excluding ortho intramolecular Hbond substituents is 1. The fourth-order valence-corrected chi connectivity index (χ4v) is 3.34. The second-order valence-corrected chi connectivity index (χ2v) is 6.75. The molecule has 2 aromatic rings. The van der Waals surface area contributed by atoms with Crippen LogP contribution in [-0.2, 0) is 28.9 Å². The predicted octanol–water partition coefficient (Wildman–Crippen LogP) is 4.08. The highest BCUT2D eigenvalue weighted by atomic mass is 16.5. The van der Waals surface area contributed by atoms with Crippen LogP contribution in [0.5, 0.6) is 5.75 Å². The van der Waals surface area contributed by atoms with Crippen molar-refractivity contribution in [3.63, 3.8) is 0 Å². The number of aromatic hydroxyl groups is 1. The lowest BCUT2D eigenvalue weighted by molar-refractivity contribution is 0.0453. The van der Waals surface area contributed by atoms with Crippen LogP contribution in [0.4, 0.5) is 5.69 Å². The highest BCUT2D eigenvalue weighted by Gasteiger charge is 2.17. The van der Waals surface area contributed by atoms with Gasteiger partial charge in [-0.3, -0.25) is 4.79 Å². The number of carbonyl (C=O) groups excluding carboxylic acids is 1.